The number of thiazole rings is 1. The van der Waals surface area contributed by atoms with Gasteiger partial charge in [-0.25, -0.2) is 4.98 Å². The monoisotopic (exact) mass is 478 g/mol. The van der Waals surface area contributed by atoms with Crippen LogP contribution in [0.1, 0.15) is 21.6 Å². The molecule has 0 radical (unpaired) electrons. The fourth-order valence-electron chi connectivity index (χ4n) is 4.28. The number of pyridine rings is 1. The third kappa shape index (κ3) is 4.34. The average molecular weight is 479 g/mol. The standard InChI is InChI=1S/C28H22N4O2S/c33-27(30-15-21-17-35-28(31-21)25-10-3-4-13-29-25)20-7-5-8-22(14-20)32-16-24-23-9-2-1-6-19(23)11-12-26(24)34-18-32/h1-14,17H,15-16,18H2,(H,30,33). The number of carbonyl (C=O) groups excluding carboxylic acids is 1. The van der Waals surface area contributed by atoms with Crippen molar-refractivity contribution in [1.29, 1.82) is 0 Å². The third-order valence-corrected chi connectivity index (χ3v) is 6.98. The molecule has 1 aliphatic rings. The van der Waals surface area contributed by atoms with Crippen LogP contribution in [-0.4, -0.2) is 22.6 Å². The second kappa shape index (κ2) is 9.19. The number of aromatic nitrogens is 2. The van der Waals surface area contributed by atoms with E-state index in [9.17, 15) is 4.79 Å². The summed E-state index contributed by atoms with van der Waals surface area (Å²) >= 11 is 1.52. The van der Waals surface area contributed by atoms with Gasteiger partial charge < -0.3 is 15.0 Å². The molecule has 3 aromatic carbocycles. The number of fused-ring (bicyclic) bond motifs is 3. The largest absolute Gasteiger partial charge is 0.473 e. The summed E-state index contributed by atoms with van der Waals surface area (Å²) in [5, 5.41) is 8.16. The van der Waals surface area contributed by atoms with E-state index in [1.807, 2.05) is 66.0 Å². The number of nitrogens with one attached hydrogen (secondary N) is 1. The molecule has 0 bridgehead atoms. The summed E-state index contributed by atoms with van der Waals surface area (Å²) < 4.78 is 6.06. The van der Waals surface area contributed by atoms with Crippen molar-refractivity contribution >= 4 is 33.7 Å². The van der Waals surface area contributed by atoms with Gasteiger partial charge in [0.05, 0.1) is 24.5 Å². The zero-order valence-corrected chi connectivity index (χ0v) is 19.7. The maximum absolute atomic E-state index is 12.9. The van der Waals surface area contributed by atoms with Gasteiger partial charge in [0.1, 0.15) is 10.8 Å². The zero-order chi connectivity index (χ0) is 23.6. The lowest BCUT2D eigenvalue weighted by molar-refractivity contribution is 0.0950. The molecule has 0 unspecified atom stereocenters. The quantitative estimate of drug-likeness (QED) is 0.354. The molecule has 172 valence electrons. The molecular weight excluding hydrogens is 456 g/mol. The molecular formula is C28H22N4O2S. The lowest BCUT2D eigenvalue weighted by atomic mass is 10.0. The number of anilines is 1. The normalized spacial score (nSPS) is 12.7. The Kier molecular flexibility index (Phi) is 5.60. The van der Waals surface area contributed by atoms with Crippen molar-refractivity contribution in [2.45, 2.75) is 13.1 Å². The van der Waals surface area contributed by atoms with Gasteiger partial charge in [0.25, 0.3) is 5.91 Å². The lowest BCUT2D eigenvalue weighted by Gasteiger charge is -2.31. The maximum Gasteiger partial charge on any atom is 0.251 e. The van der Waals surface area contributed by atoms with E-state index in [1.165, 1.54) is 22.1 Å². The molecule has 6 nitrogen and oxygen atoms in total. The molecule has 0 saturated carbocycles. The first-order valence-electron chi connectivity index (χ1n) is 11.4. The summed E-state index contributed by atoms with van der Waals surface area (Å²) in [4.78, 5) is 24.0. The Morgan fingerprint density at radius 2 is 1.94 bits per heavy atom. The van der Waals surface area contributed by atoms with Crippen LogP contribution < -0.4 is 15.0 Å². The minimum atomic E-state index is -0.136. The van der Waals surface area contributed by atoms with Crippen molar-refractivity contribution in [1.82, 2.24) is 15.3 Å². The molecule has 0 aliphatic carbocycles. The fraction of sp³-hybridized carbons (Fsp3) is 0.107. The first-order chi connectivity index (χ1) is 17.2. The number of hydrogen-bond acceptors (Lipinski definition) is 6. The van der Waals surface area contributed by atoms with Crippen LogP contribution in [0.2, 0.25) is 0 Å². The maximum atomic E-state index is 12.9. The van der Waals surface area contributed by atoms with Gasteiger partial charge in [-0.3, -0.25) is 9.78 Å². The van der Waals surface area contributed by atoms with Crippen LogP contribution in [0.25, 0.3) is 21.5 Å². The highest BCUT2D eigenvalue weighted by Gasteiger charge is 2.20. The highest BCUT2D eigenvalue weighted by Crippen LogP contribution is 2.34. The van der Waals surface area contributed by atoms with Gasteiger partial charge in [-0.1, -0.05) is 42.5 Å². The Balaban J connectivity index is 1.16. The fourth-order valence-corrected chi connectivity index (χ4v) is 5.07. The van der Waals surface area contributed by atoms with Crippen molar-refractivity contribution in [2.24, 2.45) is 0 Å². The smallest absolute Gasteiger partial charge is 0.251 e. The van der Waals surface area contributed by atoms with Gasteiger partial charge in [-0.2, -0.15) is 0 Å². The van der Waals surface area contributed by atoms with E-state index in [2.05, 4.69) is 38.4 Å². The van der Waals surface area contributed by atoms with Crippen LogP contribution in [0.5, 0.6) is 5.75 Å². The predicted octanol–water partition coefficient (Wildman–Crippen LogP) is 5.64. The number of amides is 1. The second-order valence-corrected chi connectivity index (χ2v) is 9.18. The van der Waals surface area contributed by atoms with Crippen LogP contribution >= 0.6 is 11.3 Å². The number of hydrogen-bond donors (Lipinski definition) is 1. The molecule has 1 amide bonds. The van der Waals surface area contributed by atoms with Gasteiger partial charge in [0, 0.05) is 28.4 Å². The number of benzene rings is 3. The van der Waals surface area contributed by atoms with Crippen molar-refractivity contribution < 1.29 is 9.53 Å². The van der Waals surface area contributed by atoms with Gasteiger partial charge in [0.15, 0.2) is 6.73 Å². The van der Waals surface area contributed by atoms with Gasteiger partial charge >= 0.3 is 0 Å². The van der Waals surface area contributed by atoms with Crippen LogP contribution in [-0.2, 0) is 13.1 Å². The molecule has 1 aliphatic heterocycles. The van der Waals surface area contributed by atoms with E-state index in [1.54, 1.807) is 6.20 Å². The Morgan fingerprint density at radius 3 is 2.86 bits per heavy atom. The molecule has 7 heteroatoms. The number of nitrogens with zero attached hydrogens (tertiary/aromatic N) is 3. The first-order valence-corrected chi connectivity index (χ1v) is 12.2. The first kappa shape index (κ1) is 21.3. The van der Waals surface area contributed by atoms with Gasteiger partial charge in [0.2, 0.25) is 0 Å². The molecule has 6 rings (SSSR count). The Morgan fingerprint density at radius 1 is 1.03 bits per heavy atom. The number of carbonyl (C=O) groups is 1. The number of ether oxygens (including phenoxy) is 1. The Hall–Kier alpha value is -4.23. The van der Waals surface area contributed by atoms with Crippen LogP contribution in [0.15, 0.2) is 90.4 Å². The average Bonchev–Trinajstić information content (AvgIpc) is 3.41. The van der Waals surface area contributed by atoms with Crippen LogP contribution in [0, 0.1) is 0 Å². The molecule has 0 spiro atoms. The Labute approximate surface area is 206 Å². The SMILES string of the molecule is O=C(NCc1csc(-c2ccccn2)n1)c1cccc(N2COc3ccc4ccccc4c3C2)c1. The second-order valence-electron chi connectivity index (χ2n) is 8.33. The van der Waals surface area contributed by atoms with Crippen molar-refractivity contribution in [2.75, 3.05) is 11.6 Å². The summed E-state index contributed by atoms with van der Waals surface area (Å²) in [6, 6.07) is 25.9. The minimum absolute atomic E-state index is 0.136. The van der Waals surface area contributed by atoms with E-state index in [4.69, 9.17) is 4.74 Å². The zero-order valence-electron chi connectivity index (χ0n) is 18.8. The molecule has 1 N–H and O–H groups in total. The minimum Gasteiger partial charge on any atom is -0.473 e. The summed E-state index contributed by atoms with van der Waals surface area (Å²) in [5.41, 5.74) is 4.36. The summed E-state index contributed by atoms with van der Waals surface area (Å²) in [6.45, 7) is 1.51. The van der Waals surface area contributed by atoms with Gasteiger partial charge in [-0.15, -0.1) is 11.3 Å². The molecule has 0 saturated heterocycles. The summed E-state index contributed by atoms with van der Waals surface area (Å²) in [7, 11) is 0. The van der Waals surface area contributed by atoms with E-state index in [0.29, 0.717) is 18.8 Å². The highest BCUT2D eigenvalue weighted by atomic mass is 32.1. The predicted molar refractivity (Wildman–Crippen MR) is 139 cm³/mol. The van der Waals surface area contributed by atoms with Crippen LogP contribution in [0.4, 0.5) is 5.69 Å². The van der Waals surface area contributed by atoms with Crippen LogP contribution in [0.3, 0.4) is 0 Å². The van der Waals surface area contributed by atoms with Crippen molar-refractivity contribution in [3.05, 3.63) is 107 Å². The van der Waals surface area contributed by atoms with E-state index < -0.39 is 0 Å². The summed E-state index contributed by atoms with van der Waals surface area (Å²) in [5.74, 6) is 0.783. The number of rotatable bonds is 5. The molecule has 0 fully saturated rings. The molecule has 5 aromatic rings. The van der Waals surface area contributed by atoms with E-state index >= 15 is 0 Å². The molecule has 0 atom stereocenters. The van der Waals surface area contributed by atoms with E-state index in [-0.39, 0.29) is 5.91 Å². The van der Waals surface area contributed by atoms with Crippen molar-refractivity contribution in [3.63, 3.8) is 0 Å². The molecule has 2 aromatic heterocycles. The van der Waals surface area contributed by atoms with Gasteiger partial charge in [-0.05, 0) is 47.2 Å². The third-order valence-electron chi connectivity index (χ3n) is 6.06. The van der Waals surface area contributed by atoms with E-state index in [0.717, 1.165) is 39.9 Å². The highest BCUT2D eigenvalue weighted by molar-refractivity contribution is 7.13. The topological polar surface area (TPSA) is 67.4 Å². The summed E-state index contributed by atoms with van der Waals surface area (Å²) in [6.07, 6.45) is 1.75. The molecule has 35 heavy (non-hydrogen) atoms. The molecule has 3 heterocycles. The lowest BCUT2D eigenvalue weighted by Crippen LogP contribution is -2.32. The van der Waals surface area contributed by atoms with Crippen molar-refractivity contribution in [3.8, 4) is 16.5 Å². The Bertz CT molecular complexity index is 1520.